The number of nitrogens with one attached hydrogen (secondary N) is 2. The van der Waals surface area contributed by atoms with E-state index in [2.05, 4.69) is 10.9 Å². The Hall–Kier alpha value is -2.22. The van der Waals surface area contributed by atoms with Crippen molar-refractivity contribution in [1.29, 1.82) is 0 Å². The smallest absolute Gasteiger partial charge is 0.276 e. The number of carbonyl (C=O) groups excluding carboxylic acids is 3. The van der Waals surface area contributed by atoms with Gasteiger partial charge in [-0.15, -0.1) is 11.8 Å². The molecule has 2 aliphatic heterocycles. The molecule has 2 atom stereocenters. The first-order chi connectivity index (χ1) is 11.9. The third kappa shape index (κ3) is 3.73. The van der Waals surface area contributed by atoms with Crippen LogP contribution in [-0.4, -0.2) is 45.9 Å². The molecule has 0 unspecified atom stereocenters. The summed E-state index contributed by atoms with van der Waals surface area (Å²) in [6, 6.07) is 6.77. The predicted octanol–water partition coefficient (Wildman–Crippen LogP) is 0.975. The van der Waals surface area contributed by atoms with Crippen LogP contribution < -0.4 is 15.6 Å². The van der Waals surface area contributed by atoms with Crippen molar-refractivity contribution in [3.63, 3.8) is 0 Å². The zero-order valence-corrected chi connectivity index (χ0v) is 15.0. The Morgan fingerprint density at radius 3 is 2.76 bits per heavy atom. The summed E-state index contributed by atoms with van der Waals surface area (Å²) in [6.45, 7) is 3.73. The highest BCUT2D eigenvalue weighted by Crippen LogP contribution is 2.47. The molecule has 0 saturated carbocycles. The maximum Gasteiger partial charge on any atom is 0.276 e. The highest BCUT2D eigenvalue weighted by atomic mass is 32.2. The molecule has 2 heterocycles. The number of ether oxygens (including phenoxy) is 1. The Labute approximate surface area is 150 Å². The van der Waals surface area contributed by atoms with Crippen molar-refractivity contribution in [1.82, 2.24) is 15.8 Å². The van der Waals surface area contributed by atoms with Gasteiger partial charge in [-0.25, -0.2) is 0 Å². The van der Waals surface area contributed by atoms with Gasteiger partial charge in [-0.3, -0.25) is 25.2 Å². The largest absolute Gasteiger partial charge is 0.484 e. The highest BCUT2D eigenvalue weighted by Gasteiger charge is 2.52. The molecular formula is C17H21N3O4S. The SMILES string of the molecule is Cc1ccc(OCC(=O)NNC(=O)[C@@H]2CS[C@]3(C)CCC(=O)N23)cc1. The first kappa shape index (κ1) is 17.6. The van der Waals surface area contributed by atoms with Gasteiger partial charge in [0, 0.05) is 12.2 Å². The standard InChI is InChI=1S/C17H21N3O4S/c1-11-3-5-12(6-4-11)24-9-14(21)18-19-16(23)13-10-25-17(2)8-7-15(22)20(13)17/h3-6,13H,7-10H2,1-2H3,(H,18,21)(H,19,23)/t13-,17+/m0/s1. The van der Waals surface area contributed by atoms with E-state index in [0.29, 0.717) is 17.9 Å². The monoisotopic (exact) mass is 363 g/mol. The van der Waals surface area contributed by atoms with Gasteiger partial charge in [-0.1, -0.05) is 17.7 Å². The fourth-order valence-corrected chi connectivity index (χ4v) is 4.48. The van der Waals surface area contributed by atoms with E-state index in [0.717, 1.165) is 12.0 Å². The molecular weight excluding hydrogens is 342 g/mol. The number of carbonyl (C=O) groups is 3. The second kappa shape index (κ2) is 6.95. The number of nitrogens with zero attached hydrogens (tertiary/aromatic N) is 1. The number of hydrazine groups is 1. The van der Waals surface area contributed by atoms with Gasteiger partial charge in [0.05, 0.1) is 4.87 Å². The molecule has 0 bridgehead atoms. The molecule has 1 aromatic rings. The van der Waals surface area contributed by atoms with E-state index in [-0.39, 0.29) is 23.3 Å². The van der Waals surface area contributed by atoms with Crippen LogP contribution in [0.1, 0.15) is 25.3 Å². The number of rotatable bonds is 4. The summed E-state index contributed by atoms with van der Waals surface area (Å²) in [4.78, 5) is 37.5. The molecule has 134 valence electrons. The molecule has 0 aromatic heterocycles. The van der Waals surface area contributed by atoms with Gasteiger partial charge in [0.15, 0.2) is 6.61 Å². The zero-order valence-electron chi connectivity index (χ0n) is 14.2. The number of fused-ring (bicyclic) bond motifs is 1. The Kier molecular flexibility index (Phi) is 4.89. The molecule has 0 aliphatic carbocycles. The lowest BCUT2D eigenvalue weighted by atomic mass is 10.2. The van der Waals surface area contributed by atoms with Gasteiger partial charge in [-0.05, 0) is 32.4 Å². The Balaban J connectivity index is 1.46. The predicted molar refractivity (Wildman–Crippen MR) is 93.7 cm³/mol. The third-order valence-electron chi connectivity index (χ3n) is 4.46. The van der Waals surface area contributed by atoms with Crippen molar-refractivity contribution in [2.45, 2.75) is 37.6 Å². The topological polar surface area (TPSA) is 87.7 Å². The average molecular weight is 363 g/mol. The quantitative estimate of drug-likeness (QED) is 0.779. The van der Waals surface area contributed by atoms with Gasteiger partial charge >= 0.3 is 0 Å². The van der Waals surface area contributed by atoms with Gasteiger partial charge in [0.25, 0.3) is 11.8 Å². The average Bonchev–Trinajstić information content (AvgIpc) is 3.08. The van der Waals surface area contributed by atoms with E-state index in [4.69, 9.17) is 4.74 Å². The molecule has 1 aromatic carbocycles. The van der Waals surface area contributed by atoms with Crippen LogP contribution in [0.15, 0.2) is 24.3 Å². The number of benzene rings is 1. The number of hydrogen-bond acceptors (Lipinski definition) is 5. The molecule has 3 rings (SSSR count). The summed E-state index contributed by atoms with van der Waals surface area (Å²) < 4.78 is 5.35. The minimum absolute atomic E-state index is 0.0123. The van der Waals surface area contributed by atoms with Crippen molar-refractivity contribution in [3.05, 3.63) is 29.8 Å². The van der Waals surface area contributed by atoms with Crippen LogP contribution in [0.25, 0.3) is 0 Å². The minimum Gasteiger partial charge on any atom is -0.484 e. The Morgan fingerprint density at radius 2 is 2.04 bits per heavy atom. The number of thioether (sulfide) groups is 1. The molecule has 25 heavy (non-hydrogen) atoms. The van der Waals surface area contributed by atoms with E-state index >= 15 is 0 Å². The summed E-state index contributed by atoms with van der Waals surface area (Å²) in [5.74, 6) is 0.258. The number of aryl methyl sites for hydroxylation is 1. The molecule has 2 N–H and O–H groups in total. The minimum atomic E-state index is -0.552. The molecule has 2 saturated heterocycles. The normalized spacial score (nSPS) is 24.8. The highest BCUT2D eigenvalue weighted by molar-refractivity contribution is 8.01. The van der Waals surface area contributed by atoms with Gasteiger partial charge in [-0.2, -0.15) is 0 Å². The first-order valence-electron chi connectivity index (χ1n) is 8.13. The maximum atomic E-state index is 12.3. The van der Waals surface area contributed by atoms with Crippen LogP contribution in [0.5, 0.6) is 5.75 Å². The van der Waals surface area contributed by atoms with E-state index < -0.39 is 11.9 Å². The molecule has 2 fully saturated rings. The molecule has 0 spiro atoms. The zero-order chi connectivity index (χ0) is 18.0. The summed E-state index contributed by atoms with van der Waals surface area (Å²) in [5, 5.41) is 0. The third-order valence-corrected chi connectivity index (χ3v) is 5.97. The van der Waals surface area contributed by atoms with Crippen molar-refractivity contribution in [2.24, 2.45) is 0 Å². The van der Waals surface area contributed by atoms with Crippen molar-refractivity contribution in [2.75, 3.05) is 12.4 Å². The second-order valence-corrected chi connectivity index (χ2v) is 7.91. The van der Waals surface area contributed by atoms with Gasteiger partial charge < -0.3 is 9.64 Å². The van der Waals surface area contributed by atoms with E-state index in [1.165, 1.54) is 0 Å². The van der Waals surface area contributed by atoms with Gasteiger partial charge in [0.2, 0.25) is 5.91 Å². The van der Waals surface area contributed by atoms with Gasteiger partial charge in [0.1, 0.15) is 11.8 Å². The van der Waals surface area contributed by atoms with Crippen molar-refractivity contribution >= 4 is 29.5 Å². The lowest BCUT2D eigenvalue weighted by Gasteiger charge is -2.29. The van der Waals surface area contributed by atoms with Crippen molar-refractivity contribution < 1.29 is 19.1 Å². The molecule has 0 radical (unpaired) electrons. The van der Waals surface area contributed by atoms with Crippen LogP contribution >= 0.6 is 11.8 Å². The molecule has 8 heteroatoms. The van der Waals surface area contributed by atoms with Crippen LogP contribution in [-0.2, 0) is 14.4 Å². The summed E-state index contributed by atoms with van der Waals surface area (Å²) >= 11 is 1.61. The van der Waals surface area contributed by atoms with E-state index in [1.54, 1.807) is 28.8 Å². The molecule has 2 aliphatic rings. The summed E-state index contributed by atoms with van der Waals surface area (Å²) in [6.07, 6.45) is 1.21. The number of hydrogen-bond donors (Lipinski definition) is 2. The van der Waals surface area contributed by atoms with Crippen LogP contribution in [0.2, 0.25) is 0 Å². The fraction of sp³-hybridized carbons (Fsp3) is 0.471. The Bertz CT molecular complexity index is 694. The van der Waals surface area contributed by atoms with Crippen LogP contribution in [0, 0.1) is 6.92 Å². The lowest BCUT2D eigenvalue weighted by molar-refractivity contribution is -0.139. The second-order valence-electron chi connectivity index (χ2n) is 6.40. The lowest BCUT2D eigenvalue weighted by Crippen LogP contribution is -2.54. The van der Waals surface area contributed by atoms with Crippen molar-refractivity contribution in [3.8, 4) is 5.75 Å². The number of amides is 3. The molecule has 3 amide bonds. The van der Waals surface area contributed by atoms with E-state index in [1.807, 2.05) is 26.0 Å². The molecule has 7 nitrogen and oxygen atoms in total. The summed E-state index contributed by atoms with van der Waals surface area (Å²) in [5.41, 5.74) is 5.83. The fourth-order valence-electron chi connectivity index (χ4n) is 3.05. The Morgan fingerprint density at radius 1 is 1.32 bits per heavy atom. The summed E-state index contributed by atoms with van der Waals surface area (Å²) in [7, 11) is 0. The van der Waals surface area contributed by atoms with E-state index in [9.17, 15) is 14.4 Å². The van der Waals surface area contributed by atoms with Crippen LogP contribution in [0.4, 0.5) is 0 Å². The van der Waals surface area contributed by atoms with Crippen LogP contribution in [0.3, 0.4) is 0 Å². The first-order valence-corrected chi connectivity index (χ1v) is 9.12. The maximum absolute atomic E-state index is 12.3.